The molecule has 1 N–H and O–H groups in total. The topological polar surface area (TPSA) is 55.8 Å². The number of esters is 1. The highest BCUT2D eigenvalue weighted by Crippen LogP contribution is 2.33. The average molecular weight is 278 g/mol. The predicted octanol–water partition coefficient (Wildman–Crippen LogP) is 3.07. The Kier molecular flexibility index (Phi) is 5.34. The molecule has 1 rings (SSSR count). The van der Waals surface area contributed by atoms with Crippen molar-refractivity contribution in [2.24, 2.45) is 0 Å². The Labute approximate surface area is 120 Å². The zero-order valence-corrected chi connectivity index (χ0v) is 12.7. The third kappa shape index (κ3) is 3.61. The Hall–Kier alpha value is -1.81. The maximum Gasteiger partial charge on any atom is 0.333 e. The quantitative estimate of drug-likeness (QED) is 0.664. The second kappa shape index (κ2) is 6.57. The smallest absolute Gasteiger partial charge is 0.333 e. The molecule has 0 aliphatic carbocycles. The van der Waals surface area contributed by atoms with Gasteiger partial charge in [-0.1, -0.05) is 18.2 Å². The molecule has 0 unspecified atom stereocenters. The molecule has 0 saturated carbocycles. The molecule has 0 aliphatic heterocycles. The van der Waals surface area contributed by atoms with Crippen LogP contribution in [0.25, 0.3) is 0 Å². The van der Waals surface area contributed by atoms with Gasteiger partial charge < -0.3 is 14.6 Å². The van der Waals surface area contributed by atoms with E-state index in [1.165, 1.54) is 7.11 Å². The number of hydrogen-bond acceptors (Lipinski definition) is 4. The Morgan fingerprint density at radius 3 is 2.60 bits per heavy atom. The van der Waals surface area contributed by atoms with E-state index in [4.69, 9.17) is 9.47 Å². The molecule has 110 valence electrons. The van der Waals surface area contributed by atoms with Crippen LogP contribution in [0, 0.1) is 6.92 Å². The standard InChI is InChI=1S/C16H22O4/c1-6-12(3)15(18)20-10-16(4,19-5)13-8-7-11(2)9-14(13)17/h6-9,17H,10H2,1-5H3/b12-6-/t16-/m0/s1. The SMILES string of the molecule is C/C=C(/C)C(=O)OC[C@](C)(OC)c1ccc(C)cc1O. The summed E-state index contributed by atoms with van der Waals surface area (Å²) >= 11 is 0. The molecule has 0 amide bonds. The fourth-order valence-corrected chi connectivity index (χ4v) is 1.77. The number of phenols is 1. The number of carbonyl (C=O) groups excluding carboxylic acids is 1. The van der Waals surface area contributed by atoms with Crippen LogP contribution in [-0.4, -0.2) is 24.8 Å². The van der Waals surface area contributed by atoms with Crippen LogP contribution in [0.3, 0.4) is 0 Å². The third-order valence-electron chi connectivity index (χ3n) is 3.41. The molecular formula is C16H22O4. The Morgan fingerprint density at radius 2 is 2.10 bits per heavy atom. The molecule has 1 aromatic rings. The molecule has 0 bridgehead atoms. The minimum Gasteiger partial charge on any atom is -0.508 e. The van der Waals surface area contributed by atoms with Gasteiger partial charge in [-0.15, -0.1) is 0 Å². The lowest BCUT2D eigenvalue weighted by Gasteiger charge is -2.29. The van der Waals surface area contributed by atoms with E-state index in [0.29, 0.717) is 11.1 Å². The summed E-state index contributed by atoms with van der Waals surface area (Å²) in [5.41, 5.74) is 1.20. The van der Waals surface area contributed by atoms with Crippen molar-refractivity contribution in [2.75, 3.05) is 13.7 Å². The van der Waals surface area contributed by atoms with Gasteiger partial charge in [0.15, 0.2) is 0 Å². The minimum absolute atomic E-state index is 0.0319. The van der Waals surface area contributed by atoms with Crippen molar-refractivity contribution in [1.82, 2.24) is 0 Å². The van der Waals surface area contributed by atoms with Gasteiger partial charge in [0.1, 0.15) is 18.0 Å². The highest BCUT2D eigenvalue weighted by atomic mass is 16.6. The second-order valence-corrected chi connectivity index (χ2v) is 5.00. The van der Waals surface area contributed by atoms with Crippen LogP contribution in [-0.2, 0) is 19.9 Å². The van der Waals surface area contributed by atoms with E-state index in [0.717, 1.165) is 5.56 Å². The van der Waals surface area contributed by atoms with Gasteiger partial charge in [0.2, 0.25) is 0 Å². The van der Waals surface area contributed by atoms with Crippen molar-refractivity contribution in [3.05, 3.63) is 41.0 Å². The lowest BCUT2D eigenvalue weighted by atomic mass is 9.94. The molecule has 4 nitrogen and oxygen atoms in total. The average Bonchev–Trinajstić information content (AvgIpc) is 2.43. The van der Waals surface area contributed by atoms with Gasteiger partial charge in [-0.05, 0) is 39.3 Å². The maximum atomic E-state index is 11.7. The first-order valence-corrected chi connectivity index (χ1v) is 6.49. The van der Waals surface area contributed by atoms with Gasteiger partial charge in [0.05, 0.1) is 0 Å². The van der Waals surface area contributed by atoms with Crippen LogP contribution in [0.2, 0.25) is 0 Å². The molecule has 0 heterocycles. The molecule has 0 radical (unpaired) electrons. The summed E-state index contributed by atoms with van der Waals surface area (Å²) in [6.45, 7) is 7.16. The van der Waals surface area contributed by atoms with Crippen molar-refractivity contribution >= 4 is 5.97 Å². The second-order valence-electron chi connectivity index (χ2n) is 5.00. The molecule has 0 spiro atoms. The highest BCUT2D eigenvalue weighted by Gasteiger charge is 2.31. The molecule has 1 aromatic carbocycles. The van der Waals surface area contributed by atoms with E-state index in [1.807, 2.05) is 13.0 Å². The van der Waals surface area contributed by atoms with Gasteiger partial charge in [-0.25, -0.2) is 4.79 Å². The lowest BCUT2D eigenvalue weighted by Crippen LogP contribution is -2.32. The van der Waals surface area contributed by atoms with Gasteiger partial charge in [-0.3, -0.25) is 0 Å². The number of aryl methyl sites for hydroxylation is 1. The van der Waals surface area contributed by atoms with Gasteiger partial charge in [0, 0.05) is 18.2 Å². The number of hydrogen-bond donors (Lipinski definition) is 1. The summed E-state index contributed by atoms with van der Waals surface area (Å²) in [5.74, 6) is -0.254. The molecule has 0 aliphatic rings. The normalized spacial score (nSPS) is 14.8. The van der Waals surface area contributed by atoms with Crippen LogP contribution in [0.5, 0.6) is 5.75 Å². The van der Waals surface area contributed by atoms with Crippen molar-refractivity contribution < 1.29 is 19.4 Å². The number of rotatable bonds is 5. The van der Waals surface area contributed by atoms with Crippen molar-refractivity contribution in [3.8, 4) is 5.75 Å². The van der Waals surface area contributed by atoms with Gasteiger partial charge in [-0.2, -0.15) is 0 Å². The number of carbonyl (C=O) groups is 1. The summed E-state index contributed by atoms with van der Waals surface area (Å²) in [7, 11) is 1.52. The largest absolute Gasteiger partial charge is 0.508 e. The first kappa shape index (κ1) is 16.2. The van der Waals surface area contributed by atoms with Crippen molar-refractivity contribution in [3.63, 3.8) is 0 Å². The first-order valence-electron chi connectivity index (χ1n) is 6.49. The monoisotopic (exact) mass is 278 g/mol. The Bertz CT molecular complexity index is 519. The van der Waals surface area contributed by atoms with Crippen LogP contribution in [0.15, 0.2) is 29.8 Å². The molecule has 0 saturated heterocycles. The number of ether oxygens (including phenoxy) is 2. The van der Waals surface area contributed by atoms with Crippen LogP contribution in [0.1, 0.15) is 31.9 Å². The summed E-state index contributed by atoms with van der Waals surface area (Å²) in [5, 5.41) is 10.0. The maximum absolute atomic E-state index is 11.7. The van der Waals surface area contributed by atoms with E-state index in [9.17, 15) is 9.90 Å². The van der Waals surface area contributed by atoms with E-state index in [1.54, 1.807) is 39.0 Å². The molecule has 1 atom stereocenters. The Morgan fingerprint density at radius 1 is 1.45 bits per heavy atom. The van der Waals surface area contributed by atoms with Gasteiger partial charge in [0.25, 0.3) is 0 Å². The van der Waals surface area contributed by atoms with E-state index in [-0.39, 0.29) is 18.3 Å². The van der Waals surface area contributed by atoms with E-state index >= 15 is 0 Å². The summed E-state index contributed by atoms with van der Waals surface area (Å²) < 4.78 is 10.7. The summed E-state index contributed by atoms with van der Waals surface area (Å²) in [6, 6.07) is 5.32. The highest BCUT2D eigenvalue weighted by molar-refractivity contribution is 5.87. The molecular weight excluding hydrogens is 256 g/mol. The van der Waals surface area contributed by atoms with Crippen LogP contribution in [0.4, 0.5) is 0 Å². The van der Waals surface area contributed by atoms with E-state index in [2.05, 4.69) is 0 Å². The van der Waals surface area contributed by atoms with Crippen LogP contribution < -0.4 is 0 Å². The van der Waals surface area contributed by atoms with Crippen molar-refractivity contribution in [1.29, 1.82) is 0 Å². The number of aromatic hydroxyl groups is 1. The predicted molar refractivity (Wildman–Crippen MR) is 77.6 cm³/mol. The molecule has 20 heavy (non-hydrogen) atoms. The van der Waals surface area contributed by atoms with E-state index < -0.39 is 5.60 Å². The molecule has 0 aromatic heterocycles. The number of benzene rings is 1. The Balaban J connectivity index is 2.94. The fraction of sp³-hybridized carbons (Fsp3) is 0.438. The first-order chi connectivity index (χ1) is 9.34. The minimum atomic E-state index is -0.887. The number of phenolic OH excluding ortho intramolecular Hbond substituents is 1. The van der Waals surface area contributed by atoms with Crippen molar-refractivity contribution in [2.45, 2.75) is 33.3 Å². The number of allylic oxidation sites excluding steroid dienone is 1. The van der Waals surface area contributed by atoms with Gasteiger partial charge >= 0.3 is 5.97 Å². The third-order valence-corrected chi connectivity index (χ3v) is 3.41. The zero-order chi connectivity index (χ0) is 15.3. The summed E-state index contributed by atoms with van der Waals surface area (Å²) in [6.07, 6.45) is 1.69. The fourth-order valence-electron chi connectivity index (χ4n) is 1.77. The summed E-state index contributed by atoms with van der Waals surface area (Å²) in [4.78, 5) is 11.7. The number of methoxy groups -OCH3 is 1. The lowest BCUT2D eigenvalue weighted by molar-refractivity contribution is -0.148. The molecule has 0 fully saturated rings. The molecule has 4 heteroatoms. The van der Waals surface area contributed by atoms with Crippen LogP contribution >= 0.6 is 0 Å². The zero-order valence-electron chi connectivity index (χ0n) is 12.7.